The number of hydrogen-bond acceptors (Lipinski definition) is 4. The Bertz CT molecular complexity index is 797. The standard InChI is InChI=1S/C21H26N4O.2ClH/c1-24(2)20-7-3-15(4-8-20)16-11-17(13-22-12-16)21(26)25-10-9-18-5-6-19(14-25)23-18;;/h3-4,7-8,11-13,18-19,23H,5-6,9-10,14H2,1-2H3;2*1H. The summed E-state index contributed by atoms with van der Waals surface area (Å²) in [5.41, 5.74) is 3.89. The molecule has 3 heterocycles. The van der Waals surface area contributed by atoms with E-state index in [1.807, 2.05) is 31.3 Å². The number of hydrogen-bond donors (Lipinski definition) is 1. The highest BCUT2D eigenvalue weighted by molar-refractivity contribution is 5.95. The lowest BCUT2D eigenvalue weighted by Gasteiger charge is -2.24. The summed E-state index contributed by atoms with van der Waals surface area (Å²) < 4.78 is 0. The zero-order valence-corrected chi connectivity index (χ0v) is 17.9. The maximum atomic E-state index is 13.0. The second-order valence-corrected chi connectivity index (χ2v) is 7.58. The minimum atomic E-state index is 0. The Morgan fingerprint density at radius 2 is 1.75 bits per heavy atom. The van der Waals surface area contributed by atoms with Crippen LogP contribution in [-0.4, -0.2) is 55.1 Å². The molecule has 2 bridgehead atoms. The molecule has 7 heteroatoms. The number of likely N-dealkylation sites (tertiary alicyclic amines) is 1. The van der Waals surface area contributed by atoms with Gasteiger partial charge in [0.2, 0.25) is 0 Å². The normalized spacial score (nSPS) is 20.6. The van der Waals surface area contributed by atoms with Crippen LogP contribution >= 0.6 is 24.8 Å². The van der Waals surface area contributed by atoms with Gasteiger partial charge in [-0.05, 0) is 43.0 Å². The molecule has 4 rings (SSSR count). The largest absolute Gasteiger partial charge is 0.378 e. The predicted octanol–water partition coefficient (Wildman–Crippen LogP) is 3.62. The molecule has 2 fully saturated rings. The first-order chi connectivity index (χ1) is 12.6. The van der Waals surface area contributed by atoms with Crippen LogP contribution in [0.25, 0.3) is 11.1 Å². The molecule has 2 unspecified atom stereocenters. The number of anilines is 1. The molecular weight excluding hydrogens is 395 g/mol. The predicted molar refractivity (Wildman–Crippen MR) is 119 cm³/mol. The lowest BCUT2D eigenvalue weighted by molar-refractivity contribution is 0.0748. The van der Waals surface area contributed by atoms with Crippen LogP contribution in [0.2, 0.25) is 0 Å². The maximum Gasteiger partial charge on any atom is 0.255 e. The van der Waals surface area contributed by atoms with Gasteiger partial charge in [0.15, 0.2) is 0 Å². The summed E-state index contributed by atoms with van der Waals surface area (Å²) >= 11 is 0. The summed E-state index contributed by atoms with van der Waals surface area (Å²) in [6.45, 7) is 1.63. The number of carbonyl (C=O) groups excluding carboxylic acids is 1. The number of rotatable bonds is 3. The van der Waals surface area contributed by atoms with Crippen LogP contribution in [0.15, 0.2) is 42.7 Å². The summed E-state index contributed by atoms with van der Waals surface area (Å²) in [5, 5.41) is 3.63. The third kappa shape index (κ3) is 4.77. The molecule has 1 amide bonds. The molecule has 0 aliphatic carbocycles. The quantitative estimate of drug-likeness (QED) is 0.820. The van der Waals surface area contributed by atoms with Crippen molar-refractivity contribution in [2.24, 2.45) is 0 Å². The number of fused-ring (bicyclic) bond motifs is 2. The van der Waals surface area contributed by atoms with E-state index < -0.39 is 0 Å². The molecule has 152 valence electrons. The van der Waals surface area contributed by atoms with Crippen LogP contribution in [-0.2, 0) is 0 Å². The van der Waals surface area contributed by atoms with Gasteiger partial charge in [0.05, 0.1) is 5.56 Å². The fraction of sp³-hybridized carbons (Fsp3) is 0.429. The van der Waals surface area contributed by atoms with E-state index in [1.54, 1.807) is 6.20 Å². The van der Waals surface area contributed by atoms with Gasteiger partial charge in [-0.3, -0.25) is 9.78 Å². The van der Waals surface area contributed by atoms with Crippen molar-refractivity contribution >= 4 is 36.4 Å². The number of amides is 1. The van der Waals surface area contributed by atoms with Crippen molar-refractivity contribution < 1.29 is 4.79 Å². The van der Waals surface area contributed by atoms with E-state index in [0.717, 1.165) is 36.3 Å². The molecule has 0 spiro atoms. The Morgan fingerprint density at radius 1 is 1.04 bits per heavy atom. The number of halogens is 2. The molecule has 0 saturated carbocycles. The summed E-state index contributed by atoms with van der Waals surface area (Å²) in [5.74, 6) is 0.0959. The van der Waals surface area contributed by atoms with Crippen LogP contribution in [0, 0.1) is 0 Å². The fourth-order valence-corrected chi connectivity index (χ4v) is 3.98. The van der Waals surface area contributed by atoms with Gasteiger partial charge in [0.1, 0.15) is 0 Å². The molecule has 0 radical (unpaired) electrons. The van der Waals surface area contributed by atoms with Crippen molar-refractivity contribution in [2.45, 2.75) is 31.3 Å². The summed E-state index contributed by atoms with van der Waals surface area (Å²) in [6.07, 6.45) is 6.98. The number of aromatic nitrogens is 1. The van der Waals surface area contributed by atoms with E-state index in [-0.39, 0.29) is 30.7 Å². The van der Waals surface area contributed by atoms with Gasteiger partial charge in [-0.2, -0.15) is 0 Å². The van der Waals surface area contributed by atoms with Crippen LogP contribution in [0.3, 0.4) is 0 Å². The van der Waals surface area contributed by atoms with Gasteiger partial charge < -0.3 is 15.1 Å². The van der Waals surface area contributed by atoms with Crippen molar-refractivity contribution in [1.82, 2.24) is 15.2 Å². The third-order valence-electron chi connectivity index (χ3n) is 5.51. The first-order valence-electron chi connectivity index (χ1n) is 9.38. The molecule has 5 nitrogen and oxygen atoms in total. The summed E-state index contributed by atoms with van der Waals surface area (Å²) in [7, 11) is 4.05. The Labute approximate surface area is 179 Å². The van der Waals surface area contributed by atoms with Gasteiger partial charge in [0.25, 0.3) is 5.91 Å². The van der Waals surface area contributed by atoms with Crippen molar-refractivity contribution in [3.8, 4) is 11.1 Å². The van der Waals surface area contributed by atoms with Crippen molar-refractivity contribution in [2.75, 3.05) is 32.1 Å². The van der Waals surface area contributed by atoms with Gasteiger partial charge in [-0.1, -0.05) is 12.1 Å². The van der Waals surface area contributed by atoms with Crippen molar-refractivity contribution in [1.29, 1.82) is 0 Å². The molecule has 2 atom stereocenters. The lowest BCUT2D eigenvalue weighted by atomic mass is 10.0. The molecule has 2 aliphatic heterocycles. The molecular formula is C21H28Cl2N4O. The van der Waals surface area contributed by atoms with Gasteiger partial charge in [-0.25, -0.2) is 0 Å². The maximum absolute atomic E-state index is 13.0. The average Bonchev–Trinajstić information content (AvgIpc) is 3.00. The van der Waals surface area contributed by atoms with E-state index in [0.29, 0.717) is 17.6 Å². The molecule has 1 N–H and O–H groups in total. The minimum Gasteiger partial charge on any atom is -0.378 e. The Balaban J connectivity index is 0.00000140. The van der Waals surface area contributed by atoms with Crippen molar-refractivity contribution in [3.63, 3.8) is 0 Å². The number of benzene rings is 1. The number of pyridine rings is 1. The second kappa shape index (κ2) is 9.59. The SMILES string of the molecule is CN(C)c1ccc(-c2cncc(C(=O)N3CCC4CCC(C3)N4)c2)cc1.Cl.Cl. The summed E-state index contributed by atoms with van der Waals surface area (Å²) in [6, 6.07) is 11.3. The highest BCUT2D eigenvalue weighted by atomic mass is 35.5. The Hall–Kier alpha value is -1.82. The fourth-order valence-electron chi connectivity index (χ4n) is 3.98. The van der Waals surface area contributed by atoms with Crippen molar-refractivity contribution in [3.05, 3.63) is 48.3 Å². The van der Waals surface area contributed by atoms with E-state index in [4.69, 9.17) is 0 Å². The van der Waals surface area contributed by atoms with Crippen LogP contribution < -0.4 is 10.2 Å². The smallest absolute Gasteiger partial charge is 0.255 e. The lowest BCUT2D eigenvalue weighted by Crippen LogP contribution is -2.39. The first kappa shape index (κ1) is 22.5. The minimum absolute atomic E-state index is 0. The van der Waals surface area contributed by atoms with E-state index >= 15 is 0 Å². The average molecular weight is 423 g/mol. The molecule has 2 saturated heterocycles. The number of nitrogens with zero attached hydrogens (tertiary/aromatic N) is 3. The molecule has 1 aromatic carbocycles. The number of nitrogens with one attached hydrogen (secondary N) is 1. The van der Waals surface area contributed by atoms with Crippen LogP contribution in [0.4, 0.5) is 5.69 Å². The molecule has 2 aliphatic rings. The van der Waals surface area contributed by atoms with Crippen LogP contribution in [0.1, 0.15) is 29.6 Å². The molecule has 28 heavy (non-hydrogen) atoms. The van der Waals surface area contributed by atoms with E-state index in [2.05, 4.69) is 39.5 Å². The Kier molecular flexibility index (Phi) is 7.70. The zero-order valence-electron chi connectivity index (χ0n) is 16.3. The van der Waals surface area contributed by atoms with Gasteiger partial charge >= 0.3 is 0 Å². The van der Waals surface area contributed by atoms with E-state index in [9.17, 15) is 4.79 Å². The molecule has 1 aromatic heterocycles. The van der Waals surface area contributed by atoms with E-state index in [1.165, 1.54) is 12.8 Å². The monoisotopic (exact) mass is 422 g/mol. The molecule has 2 aromatic rings. The van der Waals surface area contributed by atoms with Gasteiger partial charge in [-0.15, -0.1) is 24.8 Å². The highest BCUT2D eigenvalue weighted by Gasteiger charge is 2.31. The van der Waals surface area contributed by atoms with Gasteiger partial charge in [0, 0.05) is 62.9 Å². The van der Waals surface area contributed by atoms with Crippen LogP contribution in [0.5, 0.6) is 0 Å². The highest BCUT2D eigenvalue weighted by Crippen LogP contribution is 2.25. The topological polar surface area (TPSA) is 48.5 Å². The second-order valence-electron chi connectivity index (χ2n) is 7.58. The Morgan fingerprint density at radius 3 is 2.46 bits per heavy atom. The third-order valence-corrected chi connectivity index (χ3v) is 5.51. The first-order valence-corrected chi connectivity index (χ1v) is 9.38. The number of carbonyl (C=O) groups is 1. The zero-order chi connectivity index (χ0) is 18.1. The summed E-state index contributed by atoms with van der Waals surface area (Å²) in [4.78, 5) is 21.4.